The summed E-state index contributed by atoms with van der Waals surface area (Å²) in [5, 5.41) is 4.01. The molecule has 8 nitrogen and oxygen atoms in total. The number of esters is 1. The number of nitrogens with zero attached hydrogens (tertiary/aromatic N) is 2. The molecule has 1 aromatic heterocycles. The first-order valence-electron chi connectivity index (χ1n) is 12.8. The Labute approximate surface area is 260 Å². The van der Waals surface area contributed by atoms with Gasteiger partial charge in [-0.05, 0) is 78.2 Å². The number of thiophene rings is 1. The van der Waals surface area contributed by atoms with Crippen LogP contribution in [0.2, 0.25) is 5.02 Å². The predicted molar refractivity (Wildman–Crippen MR) is 158 cm³/mol. The highest BCUT2D eigenvalue weighted by molar-refractivity contribution is 9.12. The molecule has 2 heterocycles. The van der Waals surface area contributed by atoms with Gasteiger partial charge in [0.1, 0.15) is 17.2 Å². The Morgan fingerprint density at radius 1 is 0.902 bits per heavy atom. The second-order valence-corrected chi connectivity index (χ2v) is 13.7. The van der Waals surface area contributed by atoms with Crippen molar-refractivity contribution in [2.45, 2.75) is 16.1 Å². The first-order chi connectivity index (χ1) is 19.7. The third-order valence-corrected chi connectivity index (χ3v) is 12.2. The van der Waals surface area contributed by atoms with Gasteiger partial charge in [0.15, 0.2) is 5.78 Å². The summed E-state index contributed by atoms with van der Waals surface area (Å²) in [6.07, 6.45) is 0.736. The molecular formula is C29H21Br2ClN2O6S. The Hall–Kier alpha value is -2.86. The number of rotatable bonds is 7. The molecule has 3 aliphatic rings. The van der Waals surface area contributed by atoms with Crippen LogP contribution in [0.15, 0.2) is 66.0 Å². The van der Waals surface area contributed by atoms with Crippen LogP contribution >= 0.6 is 54.8 Å². The first kappa shape index (κ1) is 28.3. The average molecular weight is 721 g/mol. The molecule has 0 radical (unpaired) electrons. The van der Waals surface area contributed by atoms with Crippen LogP contribution in [0.5, 0.6) is 5.75 Å². The fraction of sp³-hybridized carbons (Fsp3) is 0.276. The van der Waals surface area contributed by atoms with Crippen molar-refractivity contribution < 1.29 is 28.7 Å². The number of fused-ring (bicyclic) bond motifs is 5. The molecule has 41 heavy (non-hydrogen) atoms. The summed E-state index contributed by atoms with van der Waals surface area (Å²) >= 11 is 14.6. The molecule has 2 aliphatic carbocycles. The molecule has 6 rings (SSSR count). The number of imide groups is 1. The van der Waals surface area contributed by atoms with Crippen LogP contribution < -0.4 is 4.74 Å². The molecule has 12 heteroatoms. The number of ketones is 1. The molecule has 2 bridgehead atoms. The number of benzene rings is 2. The minimum Gasteiger partial charge on any atom is -0.422 e. The van der Waals surface area contributed by atoms with Gasteiger partial charge in [-0.2, -0.15) is 5.01 Å². The van der Waals surface area contributed by atoms with Crippen molar-refractivity contribution in [1.29, 1.82) is 0 Å². The average Bonchev–Trinajstić information content (AvgIpc) is 3.74. The van der Waals surface area contributed by atoms with E-state index >= 15 is 0 Å². The summed E-state index contributed by atoms with van der Waals surface area (Å²) in [5.41, 5.74) is 0.394. The van der Waals surface area contributed by atoms with E-state index in [4.69, 9.17) is 16.3 Å². The van der Waals surface area contributed by atoms with Crippen molar-refractivity contribution in [3.8, 4) is 5.75 Å². The second-order valence-electron chi connectivity index (χ2n) is 10.2. The Morgan fingerprint density at radius 2 is 1.49 bits per heavy atom. The summed E-state index contributed by atoms with van der Waals surface area (Å²) in [7, 11) is 0. The monoisotopic (exact) mass is 718 g/mol. The lowest BCUT2D eigenvalue weighted by Gasteiger charge is -2.31. The van der Waals surface area contributed by atoms with Crippen molar-refractivity contribution in [3.05, 3.63) is 87.1 Å². The number of hydrogen-bond acceptors (Lipinski definition) is 7. The van der Waals surface area contributed by atoms with Gasteiger partial charge in [0.2, 0.25) is 0 Å². The van der Waals surface area contributed by atoms with Crippen LogP contribution in [-0.2, 0) is 9.59 Å². The molecule has 3 aromatic rings. The van der Waals surface area contributed by atoms with E-state index in [-0.39, 0.29) is 38.4 Å². The van der Waals surface area contributed by atoms with Gasteiger partial charge in [0.25, 0.3) is 17.7 Å². The third-order valence-electron chi connectivity index (χ3n) is 7.93. The topological polar surface area (TPSA) is 101 Å². The van der Waals surface area contributed by atoms with E-state index in [2.05, 4.69) is 31.9 Å². The van der Waals surface area contributed by atoms with Crippen molar-refractivity contribution in [2.75, 3.05) is 6.54 Å². The second kappa shape index (κ2) is 11.1. The van der Waals surface area contributed by atoms with Crippen LogP contribution in [-0.4, -0.2) is 55.7 Å². The molecule has 0 unspecified atom stereocenters. The van der Waals surface area contributed by atoms with E-state index in [0.717, 1.165) is 16.4 Å². The van der Waals surface area contributed by atoms with Crippen molar-refractivity contribution in [2.24, 2.45) is 23.7 Å². The maximum Gasteiger partial charge on any atom is 0.353 e. The number of amides is 3. The van der Waals surface area contributed by atoms with E-state index in [9.17, 15) is 24.0 Å². The zero-order valence-electron chi connectivity index (χ0n) is 21.1. The lowest BCUT2D eigenvalue weighted by Crippen LogP contribution is -2.52. The molecule has 210 valence electrons. The lowest BCUT2D eigenvalue weighted by atomic mass is 9.81. The summed E-state index contributed by atoms with van der Waals surface area (Å²) in [6.45, 7) is -0.544. The molecule has 2 saturated carbocycles. The number of hydrogen-bond donors (Lipinski definition) is 0. The van der Waals surface area contributed by atoms with Gasteiger partial charge in [0.05, 0.1) is 11.8 Å². The summed E-state index contributed by atoms with van der Waals surface area (Å²) < 4.78 is 5.36. The summed E-state index contributed by atoms with van der Waals surface area (Å²) in [4.78, 5) is 67.4. The highest BCUT2D eigenvalue weighted by Gasteiger charge is 2.67. The van der Waals surface area contributed by atoms with Crippen LogP contribution in [0.4, 0.5) is 0 Å². The zero-order chi connectivity index (χ0) is 29.0. The van der Waals surface area contributed by atoms with Gasteiger partial charge in [-0.15, -0.1) is 11.3 Å². The maximum atomic E-state index is 13.7. The molecule has 0 N–H and O–H groups in total. The van der Waals surface area contributed by atoms with Gasteiger partial charge in [0, 0.05) is 25.8 Å². The smallest absolute Gasteiger partial charge is 0.353 e. The number of hydrazine groups is 1. The van der Waals surface area contributed by atoms with Gasteiger partial charge >= 0.3 is 5.97 Å². The Kier molecular flexibility index (Phi) is 7.65. The lowest BCUT2D eigenvalue weighted by molar-refractivity contribution is -0.154. The van der Waals surface area contributed by atoms with Crippen LogP contribution in [0.3, 0.4) is 0 Å². The molecule has 1 aliphatic heterocycles. The van der Waals surface area contributed by atoms with E-state index < -0.39 is 47.9 Å². The molecule has 3 fully saturated rings. The number of halogens is 3. The van der Waals surface area contributed by atoms with Gasteiger partial charge < -0.3 is 4.74 Å². The quantitative estimate of drug-likeness (QED) is 0.103. The minimum atomic E-state index is -0.670. The number of Topliss-reactive ketones (excluding diaryl/α,β-unsaturated/α-hetero) is 1. The third kappa shape index (κ3) is 4.96. The largest absolute Gasteiger partial charge is 0.422 e. The molecule has 6 atom stereocenters. The van der Waals surface area contributed by atoms with E-state index in [0.29, 0.717) is 9.90 Å². The fourth-order valence-corrected chi connectivity index (χ4v) is 8.63. The van der Waals surface area contributed by atoms with E-state index in [1.807, 2.05) is 0 Å². The predicted octanol–water partition coefficient (Wildman–Crippen LogP) is 5.64. The van der Waals surface area contributed by atoms with Gasteiger partial charge in [-0.3, -0.25) is 19.2 Å². The number of alkyl halides is 2. The van der Waals surface area contributed by atoms with E-state index in [1.165, 1.54) is 59.9 Å². The number of ether oxygens (including phenoxy) is 1. The SMILES string of the molecule is O=C(CN(C(=O)c1ccc(Cl)cc1)N1C(=O)[C@@H]2[C@H]3C[C@@H]([C@@H](Br)[C@H]3Br)[C@H]2C1=O)c1ccc(OC(=O)c2cccs2)cc1. The number of carbonyl (C=O) groups excluding carboxylic acids is 5. The maximum absolute atomic E-state index is 13.7. The van der Waals surface area contributed by atoms with Gasteiger partial charge in [-0.1, -0.05) is 49.5 Å². The molecule has 1 saturated heterocycles. The Bertz CT molecular complexity index is 1520. The Balaban J connectivity index is 1.26. The molecule has 3 amide bonds. The highest BCUT2D eigenvalue weighted by Crippen LogP contribution is 2.60. The van der Waals surface area contributed by atoms with E-state index in [1.54, 1.807) is 17.5 Å². The van der Waals surface area contributed by atoms with Crippen LogP contribution in [0.25, 0.3) is 0 Å². The van der Waals surface area contributed by atoms with Gasteiger partial charge in [-0.25, -0.2) is 9.80 Å². The molecule has 2 aromatic carbocycles. The van der Waals surface area contributed by atoms with Crippen LogP contribution in [0.1, 0.15) is 36.8 Å². The van der Waals surface area contributed by atoms with Crippen molar-refractivity contribution in [1.82, 2.24) is 10.0 Å². The Morgan fingerprint density at radius 3 is 2.05 bits per heavy atom. The first-order valence-corrected chi connectivity index (χ1v) is 15.9. The minimum absolute atomic E-state index is 0.0277. The summed E-state index contributed by atoms with van der Waals surface area (Å²) in [5.74, 6) is -3.59. The van der Waals surface area contributed by atoms with Crippen LogP contribution in [0, 0.1) is 23.7 Å². The normalized spacial score (nSPS) is 26.3. The zero-order valence-corrected chi connectivity index (χ0v) is 25.9. The molecular weight excluding hydrogens is 700 g/mol. The van der Waals surface area contributed by atoms with Crippen molar-refractivity contribution >= 4 is 84.3 Å². The molecule has 0 spiro atoms. The fourth-order valence-electron chi connectivity index (χ4n) is 6.03. The van der Waals surface area contributed by atoms with Crippen molar-refractivity contribution in [3.63, 3.8) is 0 Å². The summed E-state index contributed by atoms with van der Waals surface area (Å²) in [6, 6.07) is 15.3. The number of carbonyl (C=O) groups is 5. The standard InChI is InChI=1S/C29H21Br2ClN2O6S/c30-24-18-12-19(25(24)31)23-22(18)27(37)34(28(23)38)33(26(36)15-3-7-16(32)8-4-15)13-20(35)14-5-9-17(10-6-14)40-29(39)21-2-1-11-41-21/h1-11,18-19,22-25H,12-13H2/t18-,19-,22-,23-,24-,25+/m1/s1. The highest BCUT2D eigenvalue weighted by atomic mass is 79.9.